The molecule has 3 rings (SSSR count). The molecule has 0 saturated carbocycles. The van der Waals surface area contributed by atoms with E-state index in [-0.39, 0.29) is 12.2 Å². The molecule has 0 bridgehead atoms. The van der Waals surface area contributed by atoms with Crippen LogP contribution in [-0.2, 0) is 4.84 Å². The van der Waals surface area contributed by atoms with Gasteiger partial charge in [-0.25, -0.2) is 4.98 Å². The van der Waals surface area contributed by atoms with E-state index >= 15 is 0 Å². The number of hydrogen-bond acceptors (Lipinski definition) is 6. The van der Waals surface area contributed by atoms with Crippen molar-refractivity contribution in [3.05, 3.63) is 46.7 Å². The number of halogens is 1. The van der Waals surface area contributed by atoms with Crippen LogP contribution in [0.15, 0.2) is 35.6 Å². The average Bonchev–Trinajstić information content (AvgIpc) is 3.03. The highest BCUT2D eigenvalue weighted by atomic mass is 35.5. The zero-order chi connectivity index (χ0) is 19.4. The van der Waals surface area contributed by atoms with Crippen LogP contribution in [0, 0.1) is 6.92 Å². The summed E-state index contributed by atoms with van der Waals surface area (Å²) < 4.78 is 7.72. The van der Waals surface area contributed by atoms with Gasteiger partial charge < -0.3 is 14.9 Å². The Balaban J connectivity index is 1.80. The van der Waals surface area contributed by atoms with E-state index in [9.17, 15) is 0 Å². The topological polar surface area (TPSA) is 85.9 Å². The van der Waals surface area contributed by atoms with Crippen molar-refractivity contribution in [3.8, 4) is 5.75 Å². The van der Waals surface area contributed by atoms with Crippen molar-refractivity contribution < 1.29 is 9.57 Å². The highest BCUT2D eigenvalue weighted by molar-refractivity contribution is 6.30. The molecule has 0 radical (unpaired) electrons. The Bertz CT molecular complexity index is 956. The second-order valence-corrected chi connectivity index (χ2v) is 6.66. The van der Waals surface area contributed by atoms with Gasteiger partial charge in [-0.05, 0) is 57.5 Å². The lowest BCUT2D eigenvalue weighted by atomic mass is 10.2. The molecule has 9 heteroatoms. The summed E-state index contributed by atoms with van der Waals surface area (Å²) >= 11 is 6.01. The smallest absolute Gasteiger partial charge is 0.254 e. The van der Waals surface area contributed by atoms with Crippen molar-refractivity contribution in [2.24, 2.45) is 5.16 Å². The van der Waals surface area contributed by atoms with Crippen molar-refractivity contribution in [1.82, 2.24) is 19.6 Å². The monoisotopic (exact) mass is 388 g/mol. The number of fused-ring (bicyclic) bond motifs is 1. The molecule has 27 heavy (non-hydrogen) atoms. The molecule has 2 aromatic heterocycles. The van der Waals surface area contributed by atoms with Gasteiger partial charge in [-0.2, -0.15) is 9.50 Å². The molecule has 1 aromatic carbocycles. The summed E-state index contributed by atoms with van der Waals surface area (Å²) in [4.78, 5) is 13.6. The van der Waals surface area contributed by atoms with Crippen LogP contribution in [0.4, 0.5) is 5.95 Å². The molecule has 0 aliphatic rings. The van der Waals surface area contributed by atoms with E-state index in [1.54, 1.807) is 16.8 Å². The second kappa shape index (κ2) is 8.22. The Morgan fingerprint density at radius 3 is 2.81 bits per heavy atom. The molecular weight excluding hydrogens is 368 g/mol. The summed E-state index contributed by atoms with van der Waals surface area (Å²) in [6, 6.07) is 7.36. The molecule has 1 atom stereocenters. The molecule has 1 unspecified atom stereocenters. The summed E-state index contributed by atoms with van der Waals surface area (Å²) in [6.45, 7) is 7.67. The van der Waals surface area contributed by atoms with Crippen LogP contribution < -0.4 is 10.1 Å². The van der Waals surface area contributed by atoms with E-state index in [4.69, 9.17) is 21.2 Å². The van der Waals surface area contributed by atoms with E-state index in [1.807, 2.05) is 45.9 Å². The Kier molecular flexibility index (Phi) is 5.75. The molecule has 0 spiro atoms. The van der Waals surface area contributed by atoms with Crippen molar-refractivity contribution in [2.75, 3.05) is 5.32 Å². The van der Waals surface area contributed by atoms with Gasteiger partial charge in [0.05, 0.1) is 5.69 Å². The van der Waals surface area contributed by atoms with Crippen LogP contribution in [0.1, 0.15) is 38.1 Å². The molecule has 8 nitrogen and oxygen atoms in total. The van der Waals surface area contributed by atoms with Gasteiger partial charge in [-0.3, -0.25) is 0 Å². The van der Waals surface area contributed by atoms with Crippen molar-refractivity contribution >= 4 is 29.7 Å². The van der Waals surface area contributed by atoms with Gasteiger partial charge in [0.1, 0.15) is 24.3 Å². The average molecular weight is 389 g/mol. The van der Waals surface area contributed by atoms with Crippen LogP contribution in [0.2, 0.25) is 5.02 Å². The number of nitrogens with zero attached hydrogens (tertiary/aromatic N) is 5. The molecule has 0 aliphatic heterocycles. The van der Waals surface area contributed by atoms with Gasteiger partial charge in [0.25, 0.3) is 5.78 Å². The first-order valence-electron chi connectivity index (χ1n) is 8.52. The first-order chi connectivity index (χ1) is 12.9. The number of nitrogens with one attached hydrogen (secondary N) is 1. The van der Waals surface area contributed by atoms with E-state index < -0.39 is 0 Å². The highest BCUT2D eigenvalue weighted by Gasteiger charge is 2.16. The highest BCUT2D eigenvalue weighted by Crippen LogP contribution is 2.27. The maximum Gasteiger partial charge on any atom is 0.254 e. The van der Waals surface area contributed by atoms with Gasteiger partial charge in [0.15, 0.2) is 0 Å². The number of aryl methyl sites for hydroxylation is 1. The van der Waals surface area contributed by atoms with E-state index in [1.165, 1.54) is 6.34 Å². The van der Waals surface area contributed by atoms with E-state index in [0.29, 0.717) is 16.7 Å². The van der Waals surface area contributed by atoms with Crippen molar-refractivity contribution in [1.29, 1.82) is 0 Å². The number of ether oxygens (including phenoxy) is 1. The fourth-order valence-corrected chi connectivity index (χ4v) is 2.64. The summed E-state index contributed by atoms with van der Waals surface area (Å²) in [7, 11) is 0. The SMILES string of the molecule is Cc1cc(Cl)ccc1OC(C)c1ccnc2nc(N/C=N\OC(C)C)nn12. The normalized spacial score (nSPS) is 12.7. The van der Waals surface area contributed by atoms with Crippen molar-refractivity contribution in [3.63, 3.8) is 0 Å². The molecule has 0 fully saturated rings. The van der Waals surface area contributed by atoms with Crippen LogP contribution in [0.3, 0.4) is 0 Å². The zero-order valence-corrected chi connectivity index (χ0v) is 16.3. The third-order valence-corrected chi connectivity index (χ3v) is 3.88. The van der Waals surface area contributed by atoms with Crippen LogP contribution >= 0.6 is 11.6 Å². The number of benzene rings is 1. The Morgan fingerprint density at radius 2 is 2.07 bits per heavy atom. The third-order valence-electron chi connectivity index (χ3n) is 3.65. The molecule has 142 valence electrons. The Labute approximate surface area is 162 Å². The van der Waals surface area contributed by atoms with Gasteiger partial charge in [0.2, 0.25) is 5.95 Å². The minimum Gasteiger partial charge on any atom is -0.484 e. The fourth-order valence-electron chi connectivity index (χ4n) is 2.41. The molecular formula is C18H21ClN6O2. The standard InChI is InChI=1S/C18H21ClN6O2/c1-11(2)27-22-10-21-17-23-18-20-8-7-15(25(18)24-17)13(4)26-16-6-5-14(19)9-12(16)3/h5-11,13H,1-4H3,(H,21,22,24). The molecule has 0 aliphatic carbocycles. The largest absolute Gasteiger partial charge is 0.484 e. The lowest BCUT2D eigenvalue weighted by Gasteiger charge is -2.17. The van der Waals surface area contributed by atoms with Crippen LogP contribution in [-0.4, -0.2) is 32.0 Å². The maximum atomic E-state index is 6.09. The van der Waals surface area contributed by atoms with E-state index in [2.05, 4.69) is 25.5 Å². The molecule has 3 aromatic rings. The summed E-state index contributed by atoms with van der Waals surface area (Å²) in [5.74, 6) is 1.57. The molecule has 0 amide bonds. The quantitative estimate of drug-likeness (QED) is 0.374. The first kappa shape index (κ1) is 18.9. The molecule has 1 N–H and O–H groups in total. The second-order valence-electron chi connectivity index (χ2n) is 6.22. The molecule has 0 saturated heterocycles. The van der Waals surface area contributed by atoms with E-state index in [0.717, 1.165) is 17.0 Å². The minimum atomic E-state index is -0.275. The van der Waals surface area contributed by atoms with Gasteiger partial charge >= 0.3 is 0 Å². The van der Waals surface area contributed by atoms with Gasteiger partial charge in [0, 0.05) is 11.2 Å². The number of aromatic nitrogens is 4. The predicted molar refractivity (Wildman–Crippen MR) is 104 cm³/mol. The summed E-state index contributed by atoms with van der Waals surface area (Å²) in [6.07, 6.45) is 2.79. The first-order valence-corrected chi connectivity index (χ1v) is 8.90. The number of anilines is 1. The minimum absolute atomic E-state index is 0.000306. The predicted octanol–water partition coefficient (Wildman–Crippen LogP) is 4.01. The summed E-state index contributed by atoms with van der Waals surface area (Å²) in [5, 5.41) is 11.7. The van der Waals surface area contributed by atoms with Gasteiger partial charge in [-0.1, -0.05) is 16.8 Å². The lowest BCUT2D eigenvalue weighted by molar-refractivity contribution is 0.0872. The van der Waals surface area contributed by atoms with Gasteiger partial charge in [-0.15, -0.1) is 5.10 Å². The molecule has 2 heterocycles. The maximum absolute atomic E-state index is 6.09. The van der Waals surface area contributed by atoms with Crippen molar-refractivity contribution in [2.45, 2.75) is 39.9 Å². The number of oxime groups is 1. The van der Waals surface area contributed by atoms with Crippen LogP contribution in [0.5, 0.6) is 5.75 Å². The number of rotatable bonds is 7. The fraction of sp³-hybridized carbons (Fsp3) is 0.333. The summed E-state index contributed by atoms with van der Waals surface area (Å²) in [5.41, 5.74) is 1.77. The van der Waals surface area contributed by atoms with Crippen LogP contribution in [0.25, 0.3) is 5.78 Å². The zero-order valence-electron chi connectivity index (χ0n) is 15.5. The lowest BCUT2D eigenvalue weighted by Crippen LogP contribution is -2.10. The number of hydrogen-bond donors (Lipinski definition) is 1. The Hall–Kier alpha value is -2.87. The third kappa shape index (κ3) is 4.65. The Morgan fingerprint density at radius 1 is 1.26 bits per heavy atom.